The minimum absolute atomic E-state index is 0.247. The molecule has 2 aromatic rings. The lowest BCUT2D eigenvalue weighted by Gasteiger charge is -2.02. The second-order valence-corrected chi connectivity index (χ2v) is 4.08. The predicted octanol–water partition coefficient (Wildman–Crippen LogP) is 4.26. The van der Waals surface area contributed by atoms with Gasteiger partial charge in [0.25, 0.3) is 0 Å². The van der Waals surface area contributed by atoms with Crippen molar-refractivity contribution in [3.8, 4) is 11.8 Å². The van der Waals surface area contributed by atoms with Crippen molar-refractivity contribution in [3.63, 3.8) is 0 Å². The van der Waals surface area contributed by atoms with E-state index in [2.05, 4.69) is 18.4 Å². The van der Waals surface area contributed by atoms with E-state index in [-0.39, 0.29) is 5.82 Å². The minimum Gasteiger partial charge on any atom is -0.207 e. The van der Waals surface area contributed by atoms with Crippen LogP contribution < -0.4 is 0 Å². The summed E-state index contributed by atoms with van der Waals surface area (Å²) in [6.07, 6.45) is 0. The van der Waals surface area contributed by atoms with Crippen LogP contribution in [0.15, 0.2) is 55.1 Å². The second-order valence-electron chi connectivity index (χ2n) is 4.08. The molecule has 0 fully saturated rings. The zero-order valence-corrected chi connectivity index (χ0v) is 10.2. The quantitative estimate of drug-likeness (QED) is 0.649. The topological polar surface area (TPSA) is 0 Å². The Bertz CT molecular complexity index is 625. The Kier molecular flexibility index (Phi) is 3.60. The van der Waals surface area contributed by atoms with Gasteiger partial charge in [-0.05, 0) is 48.4 Å². The summed E-state index contributed by atoms with van der Waals surface area (Å²) >= 11 is 0. The molecule has 0 aliphatic rings. The minimum atomic E-state index is -0.247. The van der Waals surface area contributed by atoms with Crippen molar-refractivity contribution < 1.29 is 4.39 Å². The molecule has 88 valence electrons. The first-order valence-corrected chi connectivity index (χ1v) is 5.69. The molecule has 0 aliphatic heterocycles. The van der Waals surface area contributed by atoms with Crippen LogP contribution in [0.4, 0.5) is 4.39 Å². The van der Waals surface area contributed by atoms with E-state index in [1.165, 1.54) is 12.1 Å². The Morgan fingerprint density at radius 1 is 1.00 bits per heavy atom. The van der Waals surface area contributed by atoms with E-state index in [4.69, 9.17) is 0 Å². The molecule has 0 amide bonds. The Hall–Kier alpha value is -2.33. The Labute approximate surface area is 107 Å². The van der Waals surface area contributed by atoms with Gasteiger partial charge in [0.15, 0.2) is 0 Å². The van der Waals surface area contributed by atoms with Gasteiger partial charge < -0.3 is 0 Å². The summed E-state index contributed by atoms with van der Waals surface area (Å²) in [6.45, 7) is 5.89. The Morgan fingerprint density at radius 3 is 2.33 bits per heavy atom. The van der Waals surface area contributed by atoms with E-state index in [9.17, 15) is 4.39 Å². The highest BCUT2D eigenvalue weighted by molar-refractivity contribution is 5.68. The summed E-state index contributed by atoms with van der Waals surface area (Å²) < 4.78 is 12.8. The van der Waals surface area contributed by atoms with Gasteiger partial charge in [0, 0.05) is 11.1 Å². The number of halogens is 1. The number of rotatable bonds is 1. The SMILES string of the molecule is C=C(C)c1ccccc1C#Cc1ccc(F)cc1. The number of allylic oxidation sites excluding steroid dienone is 1. The molecule has 0 spiro atoms. The fraction of sp³-hybridized carbons (Fsp3) is 0.0588. The molecule has 0 saturated heterocycles. The highest BCUT2D eigenvalue weighted by Crippen LogP contribution is 2.16. The van der Waals surface area contributed by atoms with E-state index >= 15 is 0 Å². The van der Waals surface area contributed by atoms with Crippen LogP contribution in [0.25, 0.3) is 5.57 Å². The lowest BCUT2D eigenvalue weighted by atomic mass is 10.0. The third-order valence-corrected chi connectivity index (χ3v) is 2.57. The lowest BCUT2D eigenvalue weighted by Crippen LogP contribution is -1.85. The van der Waals surface area contributed by atoms with Crippen molar-refractivity contribution >= 4 is 5.57 Å². The van der Waals surface area contributed by atoms with Crippen LogP contribution in [-0.2, 0) is 0 Å². The molecular formula is C17H13F. The summed E-state index contributed by atoms with van der Waals surface area (Å²) in [5.41, 5.74) is 3.77. The van der Waals surface area contributed by atoms with Gasteiger partial charge in [0.2, 0.25) is 0 Å². The fourth-order valence-electron chi connectivity index (χ4n) is 1.64. The van der Waals surface area contributed by atoms with E-state index in [0.717, 1.165) is 22.3 Å². The number of hydrogen-bond acceptors (Lipinski definition) is 0. The van der Waals surface area contributed by atoms with Crippen molar-refractivity contribution in [3.05, 3.63) is 77.6 Å². The van der Waals surface area contributed by atoms with Gasteiger partial charge in [-0.25, -0.2) is 4.39 Å². The van der Waals surface area contributed by atoms with E-state index in [1.807, 2.05) is 31.2 Å². The number of hydrogen-bond donors (Lipinski definition) is 0. The maximum absolute atomic E-state index is 12.8. The molecule has 0 N–H and O–H groups in total. The summed E-state index contributed by atoms with van der Waals surface area (Å²) in [5.74, 6) is 5.88. The first kappa shape index (κ1) is 12.1. The lowest BCUT2D eigenvalue weighted by molar-refractivity contribution is 0.627. The molecule has 18 heavy (non-hydrogen) atoms. The molecule has 2 rings (SSSR count). The largest absolute Gasteiger partial charge is 0.207 e. The molecule has 2 aromatic carbocycles. The molecule has 0 aromatic heterocycles. The summed E-state index contributed by atoms with van der Waals surface area (Å²) in [6, 6.07) is 14.0. The second kappa shape index (κ2) is 5.33. The van der Waals surface area contributed by atoms with Crippen LogP contribution in [0.5, 0.6) is 0 Å². The molecular weight excluding hydrogens is 223 g/mol. The van der Waals surface area contributed by atoms with Gasteiger partial charge in [-0.2, -0.15) is 0 Å². The zero-order chi connectivity index (χ0) is 13.0. The molecule has 0 nitrogen and oxygen atoms in total. The van der Waals surface area contributed by atoms with Crippen LogP contribution in [0.3, 0.4) is 0 Å². The molecule has 0 radical (unpaired) electrons. The Morgan fingerprint density at radius 2 is 1.67 bits per heavy atom. The summed E-state index contributed by atoms with van der Waals surface area (Å²) in [4.78, 5) is 0. The van der Waals surface area contributed by atoms with Gasteiger partial charge in [-0.3, -0.25) is 0 Å². The van der Waals surface area contributed by atoms with Crippen molar-refractivity contribution in [2.24, 2.45) is 0 Å². The monoisotopic (exact) mass is 236 g/mol. The summed E-state index contributed by atoms with van der Waals surface area (Å²) in [5, 5.41) is 0. The van der Waals surface area contributed by atoms with E-state index in [0.29, 0.717) is 0 Å². The maximum Gasteiger partial charge on any atom is 0.123 e. The van der Waals surface area contributed by atoms with Crippen LogP contribution in [0, 0.1) is 17.7 Å². The van der Waals surface area contributed by atoms with Crippen molar-refractivity contribution in [2.75, 3.05) is 0 Å². The Balaban J connectivity index is 2.35. The predicted molar refractivity (Wildman–Crippen MR) is 73.5 cm³/mol. The van der Waals surface area contributed by atoms with Crippen LogP contribution in [0.2, 0.25) is 0 Å². The van der Waals surface area contributed by atoms with E-state index < -0.39 is 0 Å². The molecule has 0 atom stereocenters. The van der Waals surface area contributed by atoms with Crippen molar-refractivity contribution in [1.29, 1.82) is 0 Å². The van der Waals surface area contributed by atoms with Gasteiger partial charge in [0.1, 0.15) is 5.82 Å². The first-order chi connectivity index (χ1) is 8.66. The van der Waals surface area contributed by atoms with Gasteiger partial charge in [0.05, 0.1) is 0 Å². The van der Waals surface area contributed by atoms with Gasteiger partial charge in [-0.15, -0.1) is 0 Å². The van der Waals surface area contributed by atoms with Crippen LogP contribution in [0.1, 0.15) is 23.6 Å². The number of benzene rings is 2. The average molecular weight is 236 g/mol. The fourth-order valence-corrected chi connectivity index (χ4v) is 1.64. The third kappa shape index (κ3) is 2.87. The molecule has 0 unspecified atom stereocenters. The normalized spacial score (nSPS) is 9.44. The maximum atomic E-state index is 12.8. The van der Waals surface area contributed by atoms with Crippen LogP contribution >= 0.6 is 0 Å². The van der Waals surface area contributed by atoms with Gasteiger partial charge >= 0.3 is 0 Å². The first-order valence-electron chi connectivity index (χ1n) is 5.69. The summed E-state index contributed by atoms with van der Waals surface area (Å²) in [7, 11) is 0. The van der Waals surface area contributed by atoms with Crippen molar-refractivity contribution in [2.45, 2.75) is 6.92 Å². The van der Waals surface area contributed by atoms with E-state index in [1.54, 1.807) is 12.1 Å². The average Bonchev–Trinajstić information content (AvgIpc) is 2.38. The molecule has 0 bridgehead atoms. The van der Waals surface area contributed by atoms with Crippen molar-refractivity contribution in [1.82, 2.24) is 0 Å². The highest BCUT2D eigenvalue weighted by atomic mass is 19.1. The molecule has 0 heterocycles. The molecule has 1 heteroatoms. The molecule has 0 saturated carbocycles. The highest BCUT2D eigenvalue weighted by Gasteiger charge is 1.98. The smallest absolute Gasteiger partial charge is 0.123 e. The van der Waals surface area contributed by atoms with Gasteiger partial charge in [-0.1, -0.05) is 36.6 Å². The standard InChI is InChI=1S/C17H13F/c1-13(2)17-6-4-3-5-15(17)10-7-14-8-11-16(18)12-9-14/h3-6,8-9,11-12H,1H2,2H3. The van der Waals surface area contributed by atoms with Crippen LogP contribution in [-0.4, -0.2) is 0 Å². The zero-order valence-electron chi connectivity index (χ0n) is 10.2. The molecule has 0 aliphatic carbocycles. The third-order valence-electron chi connectivity index (χ3n) is 2.57.